The van der Waals surface area contributed by atoms with Gasteiger partial charge in [0.15, 0.2) is 18.4 Å². The normalized spacial score (nSPS) is 10.9. The molecule has 0 saturated carbocycles. The summed E-state index contributed by atoms with van der Waals surface area (Å²) in [7, 11) is 4.50. The molecule has 0 unspecified atom stereocenters. The van der Waals surface area contributed by atoms with Gasteiger partial charge in [-0.3, -0.25) is 0 Å². The van der Waals surface area contributed by atoms with E-state index in [1.54, 1.807) is 24.3 Å². The minimum atomic E-state index is -0.427. The van der Waals surface area contributed by atoms with Crippen molar-refractivity contribution in [3.63, 3.8) is 0 Å². The van der Waals surface area contributed by atoms with E-state index in [0.29, 0.717) is 41.0 Å². The number of allylic oxidation sites excluding steroid dienone is 3. The van der Waals surface area contributed by atoms with E-state index in [-0.39, 0.29) is 18.3 Å². The van der Waals surface area contributed by atoms with Gasteiger partial charge in [0, 0.05) is 24.3 Å². The molecule has 0 bridgehead atoms. The summed E-state index contributed by atoms with van der Waals surface area (Å²) in [6.07, 6.45) is 6.55. The largest absolute Gasteiger partial charge is 0.507 e. The van der Waals surface area contributed by atoms with Gasteiger partial charge in [0.1, 0.15) is 17.2 Å². The number of benzene rings is 2. The second kappa shape index (κ2) is 11.3. The van der Waals surface area contributed by atoms with Crippen LogP contribution in [0.3, 0.4) is 0 Å². The summed E-state index contributed by atoms with van der Waals surface area (Å²) < 4.78 is 34.9. The van der Waals surface area contributed by atoms with E-state index in [2.05, 4.69) is 0 Å². The minimum absolute atomic E-state index is 0.0622. The molecule has 5 nitrogen and oxygen atoms in total. The van der Waals surface area contributed by atoms with Crippen LogP contribution in [0.2, 0.25) is 0 Å². The summed E-state index contributed by atoms with van der Waals surface area (Å²) >= 11 is 0. The van der Waals surface area contributed by atoms with Gasteiger partial charge in [-0.15, -0.1) is 0 Å². The number of phenolic OH excluding ortho intramolecular Hbond substituents is 1. The SMILES string of the molecule is COCOc1cc(OC)c(C/C=C/c2ccc(OC)c(F)c2)c(O)c1CC=C(C)C. The number of aromatic hydroxyl groups is 1. The minimum Gasteiger partial charge on any atom is -0.507 e. The number of hydrogen-bond acceptors (Lipinski definition) is 5. The van der Waals surface area contributed by atoms with Gasteiger partial charge in [-0.2, -0.15) is 0 Å². The zero-order chi connectivity index (χ0) is 22.1. The molecule has 1 N–H and O–H groups in total. The Hall–Kier alpha value is -2.99. The van der Waals surface area contributed by atoms with Gasteiger partial charge in [-0.05, 0) is 44.4 Å². The second-order valence-electron chi connectivity index (χ2n) is 6.92. The lowest BCUT2D eigenvalue weighted by Crippen LogP contribution is -2.04. The highest BCUT2D eigenvalue weighted by molar-refractivity contribution is 5.59. The predicted octanol–water partition coefficient (Wildman–Crippen LogP) is 5.30. The Morgan fingerprint density at radius 1 is 0.967 bits per heavy atom. The van der Waals surface area contributed by atoms with Crippen LogP contribution in [0.4, 0.5) is 4.39 Å². The zero-order valence-electron chi connectivity index (χ0n) is 18.1. The molecule has 2 rings (SSSR count). The molecule has 0 amide bonds. The summed E-state index contributed by atoms with van der Waals surface area (Å²) in [6, 6.07) is 6.49. The highest BCUT2D eigenvalue weighted by atomic mass is 19.1. The van der Waals surface area contributed by atoms with Crippen LogP contribution < -0.4 is 14.2 Å². The van der Waals surface area contributed by atoms with Crippen LogP contribution in [0.15, 0.2) is 42.0 Å². The Morgan fingerprint density at radius 2 is 1.67 bits per heavy atom. The molecule has 0 aliphatic rings. The van der Waals surface area contributed by atoms with Gasteiger partial charge in [0.05, 0.1) is 14.2 Å². The molecule has 0 atom stereocenters. The Bertz CT molecular complexity index is 914. The Kier molecular flexibility index (Phi) is 8.74. The maximum absolute atomic E-state index is 13.9. The lowest BCUT2D eigenvalue weighted by atomic mass is 10.00. The van der Waals surface area contributed by atoms with E-state index < -0.39 is 5.82 Å². The molecule has 2 aromatic carbocycles. The number of rotatable bonds is 10. The van der Waals surface area contributed by atoms with Gasteiger partial charge in [-0.25, -0.2) is 4.39 Å². The van der Waals surface area contributed by atoms with E-state index in [4.69, 9.17) is 18.9 Å². The summed E-state index contributed by atoms with van der Waals surface area (Å²) in [4.78, 5) is 0. The highest BCUT2D eigenvalue weighted by Crippen LogP contribution is 2.40. The van der Waals surface area contributed by atoms with Crippen molar-refractivity contribution in [1.29, 1.82) is 0 Å². The molecule has 0 fully saturated rings. The molecule has 0 saturated heterocycles. The molecule has 0 radical (unpaired) electrons. The van der Waals surface area contributed by atoms with Crippen LogP contribution >= 0.6 is 0 Å². The van der Waals surface area contributed by atoms with Crippen molar-refractivity contribution in [2.45, 2.75) is 26.7 Å². The maximum atomic E-state index is 13.9. The van der Waals surface area contributed by atoms with Crippen LogP contribution in [-0.2, 0) is 17.6 Å². The first kappa shape index (κ1) is 23.3. The predicted molar refractivity (Wildman–Crippen MR) is 116 cm³/mol. The lowest BCUT2D eigenvalue weighted by molar-refractivity contribution is 0.0501. The van der Waals surface area contributed by atoms with Crippen molar-refractivity contribution in [3.8, 4) is 23.0 Å². The molecule has 0 aromatic heterocycles. The van der Waals surface area contributed by atoms with Gasteiger partial charge in [0.25, 0.3) is 0 Å². The average Bonchev–Trinajstić information content (AvgIpc) is 2.72. The van der Waals surface area contributed by atoms with Crippen LogP contribution in [0, 0.1) is 5.82 Å². The molecule has 162 valence electrons. The third kappa shape index (κ3) is 6.00. The molecule has 0 aliphatic heterocycles. The molecule has 0 heterocycles. The summed E-state index contributed by atoms with van der Waals surface area (Å²) in [6.45, 7) is 4.05. The summed E-state index contributed by atoms with van der Waals surface area (Å²) in [5, 5.41) is 11.0. The summed E-state index contributed by atoms with van der Waals surface area (Å²) in [5.41, 5.74) is 3.11. The van der Waals surface area contributed by atoms with Crippen molar-refractivity contribution in [1.82, 2.24) is 0 Å². The fraction of sp³-hybridized carbons (Fsp3) is 0.333. The van der Waals surface area contributed by atoms with E-state index in [9.17, 15) is 9.50 Å². The van der Waals surface area contributed by atoms with E-state index in [1.165, 1.54) is 27.4 Å². The van der Waals surface area contributed by atoms with E-state index >= 15 is 0 Å². The number of phenols is 1. The Balaban J connectivity index is 2.36. The fourth-order valence-corrected chi connectivity index (χ4v) is 2.94. The number of methoxy groups -OCH3 is 3. The number of halogens is 1. The van der Waals surface area contributed by atoms with Crippen molar-refractivity contribution < 1.29 is 28.4 Å². The second-order valence-corrected chi connectivity index (χ2v) is 6.92. The first-order valence-electron chi connectivity index (χ1n) is 9.58. The molecule has 2 aromatic rings. The molecule has 0 spiro atoms. The maximum Gasteiger partial charge on any atom is 0.188 e. The highest BCUT2D eigenvalue weighted by Gasteiger charge is 2.18. The van der Waals surface area contributed by atoms with Gasteiger partial charge >= 0.3 is 0 Å². The summed E-state index contributed by atoms with van der Waals surface area (Å²) in [5.74, 6) is 0.896. The topological polar surface area (TPSA) is 57.2 Å². The van der Waals surface area contributed by atoms with E-state index in [1.807, 2.05) is 26.0 Å². The zero-order valence-corrected chi connectivity index (χ0v) is 18.1. The average molecular weight is 416 g/mol. The molecule has 6 heteroatoms. The van der Waals surface area contributed by atoms with Crippen LogP contribution in [0.5, 0.6) is 23.0 Å². The van der Waals surface area contributed by atoms with Crippen LogP contribution in [0.1, 0.15) is 30.5 Å². The fourth-order valence-electron chi connectivity index (χ4n) is 2.94. The van der Waals surface area contributed by atoms with Crippen LogP contribution in [0.25, 0.3) is 6.08 Å². The van der Waals surface area contributed by atoms with Gasteiger partial charge in [0.2, 0.25) is 0 Å². The van der Waals surface area contributed by atoms with Crippen molar-refractivity contribution >= 4 is 6.08 Å². The molecular weight excluding hydrogens is 387 g/mol. The monoisotopic (exact) mass is 416 g/mol. The quantitative estimate of drug-likeness (QED) is 0.421. The molecule has 0 aliphatic carbocycles. The van der Waals surface area contributed by atoms with Crippen molar-refractivity contribution in [2.24, 2.45) is 0 Å². The van der Waals surface area contributed by atoms with Crippen molar-refractivity contribution in [3.05, 3.63) is 64.5 Å². The standard InChI is InChI=1S/C24H29FO5/c1-16(2)9-11-19-23(30-15-27-3)14-22(29-5)18(24(19)26)8-6-7-17-10-12-21(28-4)20(25)13-17/h6-7,9-10,12-14,26H,8,11,15H2,1-5H3/b7-6+. The Labute approximate surface area is 177 Å². The third-order valence-electron chi connectivity index (χ3n) is 4.50. The molecule has 30 heavy (non-hydrogen) atoms. The number of ether oxygens (including phenoxy) is 4. The Morgan fingerprint density at radius 3 is 2.27 bits per heavy atom. The van der Waals surface area contributed by atoms with Gasteiger partial charge in [-0.1, -0.05) is 29.9 Å². The smallest absolute Gasteiger partial charge is 0.188 e. The van der Waals surface area contributed by atoms with Crippen molar-refractivity contribution in [2.75, 3.05) is 28.1 Å². The van der Waals surface area contributed by atoms with Crippen LogP contribution in [-0.4, -0.2) is 33.2 Å². The third-order valence-corrected chi connectivity index (χ3v) is 4.50. The molecular formula is C24H29FO5. The first-order valence-corrected chi connectivity index (χ1v) is 9.58. The lowest BCUT2D eigenvalue weighted by Gasteiger charge is -2.17. The van der Waals surface area contributed by atoms with Gasteiger partial charge < -0.3 is 24.1 Å². The van der Waals surface area contributed by atoms with E-state index in [0.717, 1.165) is 5.57 Å². The first-order chi connectivity index (χ1) is 14.4. The number of hydrogen-bond donors (Lipinski definition) is 1.